The molecule has 0 unspecified atom stereocenters. The van der Waals surface area contributed by atoms with Crippen molar-refractivity contribution in [3.63, 3.8) is 0 Å². The molecule has 2 aromatic carbocycles. The quantitative estimate of drug-likeness (QED) is 0.131. The molecule has 16 nitrogen and oxygen atoms in total. The lowest BCUT2D eigenvalue weighted by atomic mass is 9.95. The van der Waals surface area contributed by atoms with Gasteiger partial charge in [-0.3, -0.25) is 24.7 Å². The summed E-state index contributed by atoms with van der Waals surface area (Å²) in [6, 6.07) is 17.5. The van der Waals surface area contributed by atoms with E-state index < -0.39 is 5.91 Å². The van der Waals surface area contributed by atoms with Crippen molar-refractivity contribution in [1.29, 1.82) is 0 Å². The summed E-state index contributed by atoms with van der Waals surface area (Å²) in [5.74, 6) is 1.83. The lowest BCUT2D eigenvalue weighted by Crippen LogP contribution is -2.49. The van der Waals surface area contributed by atoms with Crippen molar-refractivity contribution in [3.05, 3.63) is 95.5 Å². The van der Waals surface area contributed by atoms with Gasteiger partial charge in [0.15, 0.2) is 5.82 Å². The summed E-state index contributed by atoms with van der Waals surface area (Å²) < 4.78 is 5.23. The third-order valence-electron chi connectivity index (χ3n) is 12.1. The van der Waals surface area contributed by atoms with E-state index in [0.29, 0.717) is 30.5 Å². The molecular formula is C46H56N12O4. The number of amides is 4. The third-order valence-corrected chi connectivity index (χ3v) is 12.1. The standard InChI is InChI=1S/C46H56N12O4/c1-29-23-33(7-12-36(29)31(3)50-42(60)43-53-44(54-62-43)46(4,5)6)37-25-40(49-28-48-37)51-39-24-30(2)38(26-47-39)57-21-19-55(20-22-57)27-32-13-16-56(17-14-32)34-8-10-35(11-9-34)58-18-15-41(59)52-45(58)61/h7-12,23-26,28,31-32H,13-22,27H2,1-6H3,(H,50,60)(H,52,59,61)(H,47,48,49,51)/t31-/m1/s1. The van der Waals surface area contributed by atoms with Gasteiger partial charge >= 0.3 is 17.8 Å². The second kappa shape index (κ2) is 17.9. The molecule has 3 N–H and O–H groups in total. The number of imide groups is 1. The number of aromatic nitrogens is 5. The van der Waals surface area contributed by atoms with Crippen LogP contribution in [0.4, 0.5) is 33.5 Å². The van der Waals surface area contributed by atoms with Gasteiger partial charge in [-0.25, -0.2) is 19.7 Å². The first-order chi connectivity index (χ1) is 29.8. The van der Waals surface area contributed by atoms with Crippen molar-refractivity contribution in [2.45, 2.75) is 72.3 Å². The zero-order valence-electron chi connectivity index (χ0n) is 36.4. The number of aryl methyl sites for hydroxylation is 2. The van der Waals surface area contributed by atoms with Gasteiger partial charge in [-0.15, -0.1) is 0 Å². The van der Waals surface area contributed by atoms with Gasteiger partial charge in [0.25, 0.3) is 0 Å². The van der Waals surface area contributed by atoms with E-state index in [1.165, 1.54) is 5.69 Å². The van der Waals surface area contributed by atoms with Crippen LogP contribution in [0.5, 0.6) is 0 Å². The summed E-state index contributed by atoms with van der Waals surface area (Å²) in [4.78, 5) is 63.8. The molecule has 6 heterocycles. The molecule has 16 heteroatoms. The number of pyridine rings is 1. The number of carbonyl (C=O) groups excluding carboxylic acids is 3. The fraction of sp³-hybridized carbons (Fsp3) is 0.435. The Bertz CT molecular complexity index is 2410. The average molecular weight is 841 g/mol. The van der Waals surface area contributed by atoms with Crippen molar-refractivity contribution >= 4 is 46.5 Å². The van der Waals surface area contributed by atoms with Crippen molar-refractivity contribution in [1.82, 2.24) is 40.6 Å². The SMILES string of the molecule is Cc1cc(-c2cc(Nc3cc(C)c(N4CCN(CC5CCN(c6ccc(N7CCC(=O)NC7=O)cc6)CC5)CC4)cn3)ncn2)ccc1[C@@H](C)NC(=O)c1nc(C(C)(C)C)no1. The second-order valence-corrected chi connectivity index (χ2v) is 17.7. The molecule has 3 aromatic heterocycles. The minimum absolute atomic E-state index is 0.0509. The van der Waals surface area contributed by atoms with E-state index in [0.717, 1.165) is 104 Å². The number of rotatable bonds is 11. The molecule has 0 bridgehead atoms. The Labute approximate surface area is 362 Å². The first kappa shape index (κ1) is 42.3. The van der Waals surface area contributed by atoms with Crippen molar-refractivity contribution < 1.29 is 18.9 Å². The lowest BCUT2D eigenvalue weighted by molar-refractivity contribution is -0.120. The van der Waals surface area contributed by atoms with Crippen LogP contribution in [-0.2, 0) is 10.2 Å². The van der Waals surface area contributed by atoms with Crippen LogP contribution in [-0.4, -0.2) is 100 Å². The second-order valence-electron chi connectivity index (χ2n) is 17.7. The normalized spacial score (nSPS) is 17.2. The number of benzene rings is 2. The minimum Gasteiger partial charge on any atom is -0.372 e. The minimum atomic E-state index is -0.412. The summed E-state index contributed by atoms with van der Waals surface area (Å²) in [6.07, 6.45) is 6.14. The Balaban J connectivity index is 0.798. The van der Waals surface area contributed by atoms with Crippen LogP contribution in [0.1, 0.15) is 86.2 Å². The number of anilines is 5. The van der Waals surface area contributed by atoms with E-state index in [2.05, 4.69) is 81.9 Å². The fourth-order valence-corrected chi connectivity index (χ4v) is 8.50. The molecule has 3 fully saturated rings. The van der Waals surface area contributed by atoms with Crippen LogP contribution >= 0.6 is 0 Å². The Kier molecular flexibility index (Phi) is 12.2. The van der Waals surface area contributed by atoms with Gasteiger partial charge in [0.1, 0.15) is 18.0 Å². The monoisotopic (exact) mass is 840 g/mol. The molecule has 0 radical (unpaired) electrons. The molecule has 3 aliphatic rings. The number of hydrogen-bond donors (Lipinski definition) is 3. The lowest BCUT2D eigenvalue weighted by Gasteiger charge is -2.40. The van der Waals surface area contributed by atoms with E-state index in [1.54, 1.807) is 11.2 Å². The highest BCUT2D eigenvalue weighted by atomic mass is 16.5. The zero-order chi connectivity index (χ0) is 43.5. The van der Waals surface area contributed by atoms with Gasteiger partial charge in [0.05, 0.1) is 23.6 Å². The molecule has 62 heavy (non-hydrogen) atoms. The predicted octanol–water partition coefficient (Wildman–Crippen LogP) is 6.56. The summed E-state index contributed by atoms with van der Waals surface area (Å²) in [6.45, 7) is 19.5. The van der Waals surface area contributed by atoms with E-state index in [1.807, 2.05) is 71.1 Å². The van der Waals surface area contributed by atoms with Crippen molar-refractivity contribution in [2.75, 3.05) is 72.4 Å². The third kappa shape index (κ3) is 9.70. The van der Waals surface area contributed by atoms with Crippen LogP contribution in [0.2, 0.25) is 0 Å². The zero-order valence-corrected chi connectivity index (χ0v) is 36.4. The smallest absolute Gasteiger partial charge is 0.328 e. The molecule has 0 saturated carbocycles. The molecule has 0 spiro atoms. The fourth-order valence-electron chi connectivity index (χ4n) is 8.50. The van der Waals surface area contributed by atoms with Crippen LogP contribution in [0.25, 0.3) is 11.3 Å². The molecule has 1 atom stereocenters. The highest BCUT2D eigenvalue weighted by Gasteiger charge is 2.28. The van der Waals surface area contributed by atoms with Crippen LogP contribution in [0.3, 0.4) is 0 Å². The number of urea groups is 1. The summed E-state index contributed by atoms with van der Waals surface area (Å²) in [7, 11) is 0. The Hall–Kier alpha value is -6.42. The Morgan fingerprint density at radius 1 is 0.855 bits per heavy atom. The molecule has 3 aliphatic heterocycles. The summed E-state index contributed by atoms with van der Waals surface area (Å²) in [5, 5.41) is 12.7. The highest BCUT2D eigenvalue weighted by molar-refractivity contribution is 6.05. The maximum Gasteiger partial charge on any atom is 0.328 e. The maximum atomic E-state index is 12.9. The molecule has 0 aliphatic carbocycles. The van der Waals surface area contributed by atoms with Crippen LogP contribution < -0.4 is 30.7 Å². The average Bonchev–Trinajstić information content (AvgIpc) is 3.77. The van der Waals surface area contributed by atoms with E-state index in [-0.39, 0.29) is 29.3 Å². The van der Waals surface area contributed by atoms with Gasteiger partial charge in [-0.1, -0.05) is 38.1 Å². The molecule has 4 amide bonds. The van der Waals surface area contributed by atoms with Gasteiger partial charge in [0.2, 0.25) is 5.91 Å². The summed E-state index contributed by atoms with van der Waals surface area (Å²) >= 11 is 0. The number of piperazine rings is 1. The van der Waals surface area contributed by atoms with Gasteiger partial charge in [-0.05, 0) is 92.6 Å². The van der Waals surface area contributed by atoms with Gasteiger partial charge < -0.3 is 25.0 Å². The van der Waals surface area contributed by atoms with Crippen molar-refractivity contribution in [3.8, 4) is 11.3 Å². The Morgan fingerprint density at radius 2 is 1.58 bits per heavy atom. The number of hydrogen-bond acceptors (Lipinski definition) is 13. The largest absolute Gasteiger partial charge is 0.372 e. The van der Waals surface area contributed by atoms with E-state index >= 15 is 0 Å². The van der Waals surface area contributed by atoms with Crippen LogP contribution in [0.15, 0.2) is 71.6 Å². The molecule has 8 rings (SSSR count). The molecule has 324 valence electrons. The molecular weight excluding hydrogens is 785 g/mol. The van der Waals surface area contributed by atoms with Crippen LogP contribution in [0, 0.1) is 19.8 Å². The van der Waals surface area contributed by atoms with Gasteiger partial charge in [0, 0.05) is 87.2 Å². The van der Waals surface area contributed by atoms with Gasteiger partial charge in [-0.2, -0.15) is 4.98 Å². The predicted molar refractivity (Wildman–Crippen MR) is 239 cm³/mol. The van der Waals surface area contributed by atoms with E-state index in [4.69, 9.17) is 9.51 Å². The van der Waals surface area contributed by atoms with E-state index in [9.17, 15) is 14.4 Å². The number of nitrogens with zero attached hydrogens (tertiary/aromatic N) is 9. The number of piperidine rings is 1. The van der Waals surface area contributed by atoms with Crippen molar-refractivity contribution in [2.24, 2.45) is 5.92 Å². The number of nitrogens with one attached hydrogen (secondary N) is 3. The topological polar surface area (TPSA) is 178 Å². The maximum absolute atomic E-state index is 12.9. The molecule has 3 saturated heterocycles. The molecule has 5 aromatic rings. The first-order valence-electron chi connectivity index (χ1n) is 21.5. The highest BCUT2D eigenvalue weighted by Crippen LogP contribution is 2.30. The Morgan fingerprint density at radius 3 is 2.26 bits per heavy atom. The first-order valence-corrected chi connectivity index (χ1v) is 21.5. The summed E-state index contributed by atoms with van der Waals surface area (Å²) in [5.41, 5.74) is 7.64. The number of carbonyl (C=O) groups is 3.